The number of hydroxylamine groups is 2. The monoisotopic (exact) mass is 179 g/mol. The van der Waals surface area contributed by atoms with Gasteiger partial charge in [0.15, 0.2) is 0 Å². The first-order chi connectivity index (χ1) is 6.36. The van der Waals surface area contributed by atoms with Crippen molar-refractivity contribution in [2.75, 3.05) is 6.61 Å². The highest BCUT2D eigenvalue weighted by atomic mass is 16.7. The Hall–Kier alpha value is -1.35. The molecular weight excluding hydrogens is 166 g/mol. The SMILES string of the molecule is CCON(C=O)Cc1ccccc1. The molecule has 0 aliphatic rings. The number of rotatable bonds is 5. The number of nitrogens with zero attached hydrogens (tertiary/aromatic N) is 1. The van der Waals surface area contributed by atoms with Gasteiger partial charge in [0, 0.05) is 0 Å². The maximum atomic E-state index is 10.5. The fraction of sp³-hybridized carbons (Fsp3) is 0.300. The van der Waals surface area contributed by atoms with Crippen molar-refractivity contribution in [3.05, 3.63) is 35.9 Å². The lowest BCUT2D eigenvalue weighted by Crippen LogP contribution is -2.21. The Bertz CT molecular complexity index is 248. The largest absolute Gasteiger partial charge is 0.276 e. The van der Waals surface area contributed by atoms with Crippen molar-refractivity contribution >= 4 is 6.41 Å². The van der Waals surface area contributed by atoms with Crippen LogP contribution in [0.4, 0.5) is 0 Å². The van der Waals surface area contributed by atoms with Crippen molar-refractivity contribution in [2.24, 2.45) is 0 Å². The number of hydrogen-bond acceptors (Lipinski definition) is 2. The van der Waals surface area contributed by atoms with Crippen LogP contribution < -0.4 is 0 Å². The summed E-state index contributed by atoms with van der Waals surface area (Å²) in [7, 11) is 0. The maximum absolute atomic E-state index is 10.5. The summed E-state index contributed by atoms with van der Waals surface area (Å²) in [5.41, 5.74) is 1.06. The van der Waals surface area contributed by atoms with Crippen LogP contribution in [-0.2, 0) is 16.2 Å². The molecule has 0 aliphatic carbocycles. The molecular formula is C10H13NO2. The molecule has 1 aromatic rings. The predicted molar refractivity (Wildman–Crippen MR) is 49.7 cm³/mol. The van der Waals surface area contributed by atoms with Gasteiger partial charge in [-0.15, -0.1) is 0 Å². The molecule has 1 aromatic carbocycles. The standard InChI is InChI=1S/C10H13NO2/c1-2-13-11(9-12)8-10-6-4-3-5-7-10/h3-7,9H,2,8H2,1H3. The minimum atomic E-state index is 0.498. The van der Waals surface area contributed by atoms with Crippen molar-refractivity contribution in [1.82, 2.24) is 5.06 Å². The summed E-state index contributed by atoms with van der Waals surface area (Å²) < 4.78 is 0. The fourth-order valence-electron chi connectivity index (χ4n) is 1.04. The molecule has 1 amide bonds. The highest BCUT2D eigenvalue weighted by Gasteiger charge is 2.00. The van der Waals surface area contributed by atoms with Crippen LogP contribution in [0, 0.1) is 0 Å². The van der Waals surface area contributed by atoms with Crippen molar-refractivity contribution in [3.63, 3.8) is 0 Å². The number of hydrogen-bond donors (Lipinski definition) is 0. The van der Waals surface area contributed by atoms with E-state index in [2.05, 4.69) is 0 Å². The van der Waals surface area contributed by atoms with Gasteiger partial charge in [-0.1, -0.05) is 30.3 Å². The van der Waals surface area contributed by atoms with E-state index < -0.39 is 0 Å². The Labute approximate surface area is 77.9 Å². The third-order valence-electron chi connectivity index (χ3n) is 1.59. The first-order valence-electron chi connectivity index (χ1n) is 4.25. The van der Waals surface area contributed by atoms with E-state index in [1.165, 1.54) is 5.06 Å². The Morgan fingerprint density at radius 2 is 2.08 bits per heavy atom. The molecule has 0 radical (unpaired) electrons. The molecule has 0 N–H and O–H groups in total. The summed E-state index contributed by atoms with van der Waals surface area (Å²) in [6.45, 7) is 2.85. The molecule has 3 heteroatoms. The summed E-state index contributed by atoms with van der Waals surface area (Å²) in [4.78, 5) is 15.6. The van der Waals surface area contributed by atoms with Gasteiger partial charge in [-0.3, -0.25) is 9.63 Å². The van der Waals surface area contributed by atoms with Crippen molar-refractivity contribution in [3.8, 4) is 0 Å². The van der Waals surface area contributed by atoms with E-state index in [1.54, 1.807) is 0 Å². The number of amides is 1. The third-order valence-corrected chi connectivity index (χ3v) is 1.59. The maximum Gasteiger partial charge on any atom is 0.233 e. The normalized spacial score (nSPS) is 9.62. The number of carbonyl (C=O) groups excluding carboxylic acids is 1. The van der Waals surface area contributed by atoms with Gasteiger partial charge in [0.25, 0.3) is 0 Å². The highest BCUT2D eigenvalue weighted by Crippen LogP contribution is 2.02. The average molecular weight is 179 g/mol. The molecule has 0 unspecified atom stereocenters. The van der Waals surface area contributed by atoms with Gasteiger partial charge in [-0.2, -0.15) is 0 Å². The second kappa shape index (κ2) is 5.32. The Balaban J connectivity index is 2.51. The molecule has 13 heavy (non-hydrogen) atoms. The molecule has 3 nitrogen and oxygen atoms in total. The molecule has 0 saturated carbocycles. The molecule has 0 atom stereocenters. The second-order valence-electron chi connectivity index (χ2n) is 2.58. The summed E-state index contributed by atoms with van der Waals surface area (Å²) in [6, 6.07) is 9.72. The Kier molecular flexibility index (Phi) is 3.99. The quantitative estimate of drug-likeness (QED) is 0.507. The lowest BCUT2D eigenvalue weighted by atomic mass is 10.2. The summed E-state index contributed by atoms with van der Waals surface area (Å²) in [5, 5.41) is 1.29. The fourth-order valence-corrected chi connectivity index (χ4v) is 1.04. The molecule has 0 spiro atoms. The topological polar surface area (TPSA) is 29.5 Å². The molecule has 70 valence electrons. The van der Waals surface area contributed by atoms with E-state index in [1.807, 2.05) is 37.3 Å². The summed E-state index contributed by atoms with van der Waals surface area (Å²) in [5.74, 6) is 0. The van der Waals surface area contributed by atoms with Crippen molar-refractivity contribution < 1.29 is 9.63 Å². The van der Waals surface area contributed by atoms with Crippen LogP contribution in [-0.4, -0.2) is 18.1 Å². The highest BCUT2D eigenvalue weighted by molar-refractivity contribution is 5.45. The van der Waals surface area contributed by atoms with Gasteiger partial charge in [0.1, 0.15) is 0 Å². The van der Waals surface area contributed by atoms with Gasteiger partial charge in [-0.25, -0.2) is 5.06 Å². The van der Waals surface area contributed by atoms with Gasteiger partial charge in [0.2, 0.25) is 6.41 Å². The lowest BCUT2D eigenvalue weighted by molar-refractivity contribution is -0.173. The number of benzene rings is 1. The van der Waals surface area contributed by atoms with Crippen LogP contribution in [0.15, 0.2) is 30.3 Å². The molecule has 0 heterocycles. The van der Waals surface area contributed by atoms with Gasteiger partial charge >= 0.3 is 0 Å². The van der Waals surface area contributed by atoms with Crippen molar-refractivity contribution in [2.45, 2.75) is 13.5 Å². The molecule has 0 aromatic heterocycles. The molecule has 0 bridgehead atoms. The summed E-state index contributed by atoms with van der Waals surface area (Å²) in [6.07, 6.45) is 0.691. The van der Waals surface area contributed by atoms with E-state index in [-0.39, 0.29) is 0 Å². The van der Waals surface area contributed by atoms with Gasteiger partial charge in [-0.05, 0) is 12.5 Å². The molecule has 0 fully saturated rings. The van der Waals surface area contributed by atoms with Crippen LogP contribution in [0.3, 0.4) is 0 Å². The molecule has 1 rings (SSSR count). The zero-order chi connectivity index (χ0) is 9.52. The first-order valence-corrected chi connectivity index (χ1v) is 4.25. The summed E-state index contributed by atoms with van der Waals surface area (Å²) >= 11 is 0. The number of carbonyl (C=O) groups is 1. The minimum Gasteiger partial charge on any atom is -0.276 e. The first kappa shape index (κ1) is 9.74. The predicted octanol–water partition coefficient (Wildman–Crippen LogP) is 1.60. The van der Waals surface area contributed by atoms with Gasteiger partial charge < -0.3 is 0 Å². The van der Waals surface area contributed by atoms with E-state index >= 15 is 0 Å². The molecule has 0 saturated heterocycles. The third kappa shape index (κ3) is 3.25. The van der Waals surface area contributed by atoms with E-state index in [0.717, 1.165) is 5.56 Å². The van der Waals surface area contributed by atoms with E-state index in [4.69, 9.17) is 4.84 Å². The smallest absolute Gasteiger partial charge is 0.233 e. The van der Waals surface area contributed by atoms with Gasteiger partial charge in [0.05, 0.1) is 13.2 Å². The van der Waals surface area contributed by atoms with Crippen LogP contribution in [0.2, 0.25) is 0 Å². The van der Waals surface area contributed by atoms with Crippen molar-refractivity contribution in [1.29, 1.82) is 0 Å². The minimum absolute atomic E-state index is 0.498. The van der Waals surface area contributed by atoms with Crippen LogP contribution in [0.25, 0.3) is 0 Å². The van der Waals surface area contributed by atoms with Crippen LogP contribution in [0.5, 0.6) is 0 Å². The van der Waals surface area contributed by atoms with E-state index in [0.29, 0.717) is 19.6 Å². The Morgan fingerprint density at radius 1 is 1.38 bits per heavy atom. The Morgan fingerprint density at radius 3 is 2.62 bits per heavy atom. The average Bonchev–Trinajstić information content (AvgIpc) is 2.19. The zero-order valence-electron chi connectivity index (χ0n) is 7.64. The zero-order valence-corrected chi connectivity index (χ0v) is 7.64. The van der Waals surface area contributed by atoms with E-state index in [9.17, 15) is 4.79 Å². The lowest BCUT2D eigenvalue weighted by Gasteiger charge is -2.15. The second-order valence-corrected chi connectivity index (χ2v) is 2.58. The van der Waals surface area contributed by atoms with Crippen LogP contribution >= 0.6 is 0 Å². The molecule has 0 aliphatic heterocycles. The van der Waals surface area contributed by atoms with Crippen LogP contribution in [0.1, 0.15) is 12.5 Å².